The maximum absolute atomic E-state index is 12.9. The highest BCUT2D eigenvalue weighted by molar-refractivity contribution is 6.31. The number of aryl methyl sites for hydroxylation is 1. The van der Waals surface area contributed by atoms with E-state index in [2.05, 4.69) is 15.1 Å². The van der Waals surface area contributed by atoms with E-state index in [9.17, 15) is 4.79 Å². The third-order valence-electron chi connectivity index (χ3n) is 5.14. The molecule has 0 bridgehead atoms. The van der Waals surface area contributed by atoms with Crippen molar-refractivity contribution in [2.75, 3.05) is 39.9 Å². The summed E-state index contributed by atoms with van der Waals surface area (Å²) in [6, 6.07) is 0. The van der Waals surface area contributed by atoms with Crippen LogP contribution in [0.25, 0.3) is 0 Å². The van der Waals surface area contributed by atoms with Crippen molar-refractivity contribution in [1.82, 2.24) is 20.0 Å². The van der Waals surface area contributed by atoms with Gasteiger partial charge >= 0.3 is 0 Å². The molecule has 1 spiro atoms. The van der Waals surface area contributed by atoms with Gasteiger partial charge in [0.25, 0.3) is 0 Å². The average Bonchev–Trinajstić information content (AvgIpc) is 3.09. The molecule has 1 atom stereocenters. The van der Waals surface area contributed by atoms with Crippen molar-refractivity contribution in [3.8, 4) is 0 Å². The Morgan fingerprint density at radius 2 is 2.22 bits per heavy atom. The molecular formula is C16H25ClN4O2. The van der Waals surface area contributed by atoms with Crippen molar-refractivity contribution in [3.63, 3.8) is 0 Å². The second-order valence-corrected chi connectivity index (χ2v) is 7.12. The molecule has 3 rings (SSSR count). The molecule has 128 valence electrons. The monoisotopic (exact) mass is 340 g/mol. The summed E-state index contributed by atoms with van der Waals surface area (Å²) in [6.45, 7) is 6.51. The van der Waals surface area contributed by atoms with E-state index >= 15 is 0 Å². The molecule has 2 saturated heterocycles. The molecular weight excluding hydrogens is 316 g/mol. The summed E-state index contributed by atoms with van der Waals surface area (Å²) in [4.78, 5) is 17.2. The van der Waals surface area contributed by atoms with Crippen molar-refractivity contribution in [2.24, 2.45) is 5.41 Å². The van der Waals surface area contributed by atoms with Crippen molar-refractivity contribution in [3.05, 3.63) is 16.4 Å². The van der Waals surface area contributed by atoms with Crippen LogP contribution < -0.4 is 0 Å². The SMILES string of the molecule is COCCN1CCCC2(CCN(Cc3n[nH]c(C)c3Cl)C2)C1=O. The minimum Gasteiger partial charge on any atom is -0.383 e. The first-order chi connectivity index (χ1) is 11.1. The smallest absolute Gasteiger partial charge is 0.230 e. The zero-order valence-electron chi connectivity index (χ0n) is 13.9. The topological polar surface area (TPSA) is 61.5 Å². The van der Waals surface area contributed by atoms with E-state index < -0.39 is 0 Å². The maximum atomic E-state index is 12.9. The normalized spacial score (nSPS) is 25.7. The Bertz CT molecular complexity index is 576. The Morgan fingerprint density at radius 1 is 1.39 bits per heavy atom. The highest BCUT2D eigenvalue weighted by Crippen LogP contribution is 2.40. The van der Waals surface area contributed by atoms with Crippen molar-refractivity contribution < 1.29 is 9.53 Å². The summed E-state index contributed by atoms with van der Waals surface area (Å²) < 4.78 is 5.13. The number of piperidine rings is 1. The number of amides is 1. The number of nitrogens with zero attached hydrogens (tertiary/aromatic N) is 3. The van der Waals surface area contributed by atoms with Gasteiger partial charge in [-0.2, -0.15) is 5.10 Å². The van der Waals surface area contributed by atoms with E-state index in [0.717, 1.165) is 50.3 Å². The molecule has 0 saturated carbocycles. The predicted octanol–water partition coefficient (Wildman–Crippen LogP) is 1.83. The number of methoxy groups -OCH3 is 1. The molecule has 23 heavy (non-hydrogen) atoms. The van der Waals surface area contributed by atoms with Crippen LogP contribution in [0.5, 0.6) is 0 Å². The molecule has 0 aliphatic carbocycles. The average molecular weight is 341 g/mol. The van der Waals surface area contributed by atoms with Crippen LogP contribution in [0.4, 0.5) is 0 Å². The van der Waals surface area contributed by atoms with E-state index in [1.807, 2.05) is 11.8 Å². The molecule has 0 radical (unpaired) electrons. The number of halogens is 1. The molecule has 6 nitrogen and oxygen atoms in total. The molecule has 1 N–H and O–H groups in total. The van der Waals surface area contributed by atoms with Crippen LogP contribution >= 0.6 is 11.6 Å². The molecule has 1 aromatic rings. The van der Waals surface area contributed by atoms with Crippen molar-refractivity contribution in [1.29, 1.82) is 0 Å². The van der Waals surface area contributed by atoms with Crippen LogP contribution in [0, 0.1) is 12.3 Å². The molecule has 1 amide bonds. The van der Waals surface area contributed by atoms with Gasteiger partial charge in [0.15, 0.2) is 0 Å². The summed E-state index contributed by atoms with van der Waals surface area (Å²) in [5, 5.41) is 7.91. The van der Waals surface area contributed by atoms with Gasteiger partial charge in [0.1, 0.15) is 0 Å². The van der Waals surface area contributed by atoms with Crippen LogP contribution in [-0.4, -0.2) is 65.8 Å². The molecule has 7 heteroatoms. The number of nitrogens with one attached hydrogen (secondary N) is 1. The van der Waals surface area contributed by atoms with Crippen molar-refractivity contribution in [2.45, 2.75) is 32.7 Å². The van der Waals surface area contributed by atoms with Gasteiger partial charge < -0.3 is 9.64 Å². The molecule has 2 aliphatic heterocycles. The zero-order chi connectivity index (χ0) is 16.4. The van der Waals surface area contributed by atoms with Crippen LogP contribution in [0.3, 0.4) is 0 Å². The Balaban J connectivity index is 1.65. The Kier molecular flexibility index (Phi) is 4.94. The van der Waals surface area contributed by atoms with Crippen LogP contribution in [0.15, 0.2) is 0 Å². The first-order valence-corrected chi connectivity index (χ1v) is 8.63. The van der Waals surface area contributed by atoms with E-state index in [0.29, 0.717) is 30.6 Å². The lowest BCUT2D eigenvalue weighted by Crippen LogP contribution is -2.50. The van der Waals surface area contributed by atoms with Gasteiger partial charge in [0.05, 0.1) is 28.4 Å². The number of H-pyrrole nitrogens is 1. The van der Waals surface area contributed by atoms with Crippen LogP contribution in [0.1, 0.15) is 30.7 Å². The molecule has 1 aromatic heterocycles. The van der Waals surface area contributed by atoms with E-state index in [-0.39, 0.29) is 5.41 Å². The first-order valence-electron chi connectivity index (χ1n) is 8.26. The maximum Gasteiger partial charge on any atom is 0.230 e. The first kappa shape index (κ1) is 16.7. The van der Waals surface area contributed by atoms with E-state index in [1.165, 1.54) is 0 Å². The predicted molar refractivity (Wildman–Crippen MR) is 88.4 cm³/mol. The van der Waals surface area contributed by atoms with Crippen molar-refractivity contribution >= 4 is 17.5 Å². The number of carbonyl (C=O) groups is 1. The highest BCUT2D eigenvalue weighted by Gasteiger charge is 2.48. The summed E-state index contributed by atoms with van der Waals surface area (Å²) in [7, 11) is 1.68. The zero-order valence-corrected chi connectivity index (χ0v) is 14.7. The van der Waals surface area contributed by atoms with Gasteiger partial charge in [0.2, 0.25) is 5.91 Å². The number of hydrogen-bond donors (Lipinski definition) is 1. The molecule has 1 unspecified atom stereocenters. The standard InChI is InChI=1S/C16H25ClN4O2/c1-12-14(17)13(19-18-12)10-20-7-5-16(11-20)4-3-6-21(15(16)22)8-9-23-2/h3-11H2,1-2H3,(H,18,19). The van der Waals surface area contributed by atoms with E-state index in [4.69, 9.17) is 16.3 Å². The molecule has 2 aliphatic rings. The second kappa shape index (κ2) is 6.79. The summed E-state index contributed by atoms with van der Waals surface area (Å²) in [6.07, 6.45) is 2.99. The van der Waals surface area contributed by atoms with Crippen LogP contribution in [-0.2, 0) is 16.1 Å². The Morgan fingerprint density at radius 3 is 2.91 bits per heavy atom. The number of aromatic amines is 1. The minimum atomic E-state index is -0.218. The Hall–Kier alpha value is -1.11. The number of rotatable bonds is 5. The number of carbonyl (C=O) groups excluding carboxylic acids is 1. The molecule has 2 fully saturated rings. The third kappa shape index (κ3) is 3.25. The number of likely N-dealkylation sites (tertiary alicyclic amines) is 2. The fraction of sp³-hybridized carbons (Fsp3) is 0.750. The fourth-order valence-electron chi connectivity index (χ4n) is 3.82. The lowest BCUT2D eigenvalue weighted by molar-refractivity contribution is -0.146. The largest absolute Gasteiger partial charge is 0.383 e. The number of hydrogen-bond acceptors (Lipinski definition) is 4. The van der Waals surface area contributed by atoms with Gasteiger partial charge in [-0.1, -0.05) is 11.6 Å². The number of aromatic nitrogens is 2. The highest BCUT2D eigenvalue weighted by atomic mass is 35.5. The van der Waals surface area contributed by atoms with Gasteiger partial charge in [-0.05, 0) is 32.7 Å². The third-order valence-corrected chi connectivity index (χ3v) is 5.64. The molecule has 3 heterocycles. The van der Waals surface area contributed by atoms with E-state index in [1.54, 1.807) is 7.11 Å². The lowest BCUT2D eigenvalue weighted by Gasteiger charge is -2.39. The lowest BCUT2D eigenvalue weighted by atomic mass is 9.78. The summed E-state index contributed by atoms with van der Waals surface area (Å²) >= 11 is 6.26. The minimum absolute atomic E-state index is 0.218. The quantitative estimate of drug-likeness (QED) is 0.888. The van der Waals surface area contributed by atoms with Gasteiger partial charge in [-0.15, -0.1) is 0 Å². The fourth-order valence-corrected chi connectivity index (χ4v) is 3.97. The summed E-state index contributed by atoms with van der Waals surface area (Å²) in [5.74, 6) is 0.299. The van der Waals surface area contributed by atoms with Gasteiger partial charge in [0, 0.05) is 33.3 Å². The number of ether oxygens (including phenoxy) is 1. The van der Waals surface area contributed by atoms with Gasteiger partial charge in [-0.3, -0.25) is 14.8 Å². The van der Waals surface area contributed by atoms with Crippen LogP contribution in [0.2, 0.25) is 5.02 Å². The van der Waals surface area contributed by atoms with Gasteiger partial charge in [-0.25, -0.2) is 0 Å². The second-order valence-electron chi connectivity index (χ2n) is 6.74. The molecule has 0 aromatic carbocycles. The summed E-state index contributed by atoms with van der Waals surface area (Å²) in [5.41, 5.74) is 1.56. The Labute approximate surface area is 142 Å².